The third kappa shape index (κ3) is 8.96. The van der Waals surface area contributed by atoms with Gasteiger partial charge in [0.1, 0.15) is 17.7 Å². The maximum Gasteiger partial charge on any atom is 0.328 e. The van der Waals surface area contributed by atoms with E-state index in [-0.39, 0.29) is 17.7 Å². The predicted octanol–water partition coefficient (Wildman–Crippen LogP) is 5.45. The summed E-state index contributed by atoms with van der Waals surface area (Å²) >= 11 is 4.73. The number of carbonyl (C=O) groups is 3. The van der Waals surface area contributed by atoms with Crippen LogP contribution in [0.2, 0.25) is 0 Å². The van der Waals surface area contributed by atoms with E-state index < -0.39 is 29.6 Å². The predicted molar refractivity (Wildman–Crippen MR) is 157 cm³/mol. The highest BCUT2D eigenvalue weighted by atomic mass is 79.9. The lowest BCUT2D eigenvalue weighted by Gasteiger charge is -2.24. The molecular weight excluding hydrogens is 580 g/mol. The molecule has 208 valence electrons. The maximum absolute atomic E-state index is 13.3. The fourth-order valence-corrected chi connectivity index (χ4v) is 4.72. The Hall–Kier alpha value is -3.11. The zero-order chi connectivity index (χ0) is 29.0. The van der Waals surface area contributed by atoms with Crippen molar-refractivity contribution in [3.8, 4) is 11.4 Å². The molecule has 2 heterocycles. The molecule has 39 heavy (non-hydrogen) atoms. The van der Waals surface area contributed by atoms with Crippen LogP contribution in [0.4, 0.5) is 0 Å². The van der Waals surface area contributed by atoms with Crippen molar-refractivity contribution in [3.05, 3.63) is 68.6 Å². The van der Waals surface area contributed by atoms with E-state index in [4.69, 9.17) is 4.74 Å². The van der Waals surface area contributed by atoms with Crippen LogP contribution in [-0.2, 0) is 26.2 Å². The highest BCUT2D eigenvalue weighted by Gasteiger charge is 2.28. The molecule has 10 heteroatoms. The Kier molecular flexibility index (Phi) is 9.66. The SMILES string of the molecule is C[C@@H](NC(=O)[C@H](Cc1ccc(-c2ncc(Br)cn2)cc1)NC(=O)c1ccc(C(C)(C)C)s1)C(=O)OC(C)(C)C. The number of hydrogen-bond donors (Lipinski definition) is 2. The topological polar surface area (TPSA) is 110 Å². The molecule has 0 saturated heterocycles. The van der Waals surface area contributed by atoms with Crippen molar-refractivity contribution in [1.29, 1.82) is 0 Å². The van der Waals surface area contributed by atoms with Crippen LogP contribution in [0.5, 0.6) is 0 Å². The van der Waals surface area contributed by atoms with Crippen LogP contribution >= 0.6 is 27.3 Å². The number of halogens is 1. The molecule has 0 aliphatic heterocycles. The quantitative estimate of drug-likeness (QED) is 0.326. The number of thiophene rings is 1. The molecule has 0 spiro atoms. The Labute approximate surface area is 242 Å². The molecule has 0 radical (unpaired) electrons. The largest absolute Gasteiger partial charge is 0.458 e. The summed E-state index contributed by atoms with van der Waals surface area (Å²) in [6.07, 6.45) is 3.57. The van der Waals surface area contributed by atoms with Crippen molar-refractivity contribution in [3.63, 3.8) is 0 Å². The Balaban J connectivity index is 1.80. The van der Waals surface area contributed by atoms with Crippen LogP contribution in [0.25, 0.3) is 11.4 Å². The van der Waals surface area contributed by atoms with Crippen molar-refractivity contribution in [1.82, 2.24) is 20.6 Å². The van der Waals surface area contributed by atoms with E-state index in [0.29, 0.717) is 10.7 Å². The number of benzene rings is 1. The van der Waals surface area contributed by atoms with Crippen molar-refractivity contribution in [2.24, 2.45) is 0 Å². The number of amides is 2. The van der Waals surface area contributed by atoms with Crippen molar-refractivity contribution in [2.75, 3.05) is 0 Å². The molecule has 1 aromatic carbocycles. The van der Waals surface area contributed by atoms with Gasteiger partial charge in [-0.15, -0.1) is 11.3 Å². The second kappa shape index (κ2) is 12.4. The fraction of sp³-hybridized carbons (Fsp3) is 0.414. The number of esters is 1. The fourth-order valence-electron chi connectivity index (χ4n) is 3.55. The van der Waals surface area contributed by atoms with Crippen LogP contribution in [0, 0.1) is 0 Å². The minimum absolute atomic E-state index is 0.0941. The zero-order valence-corrected chi connectivity index (χ0v) is 25.7. The maximum atomic E-state index is 13.3. The second-order valence-electron chi connectivity index (χ2n) is 11.3. The summed E-state index contributed by atoms with van der Waals surface area (Å²) in [5.41, 5.74) is 0.864. The Morgan fingerprint density at radius 2 is 1.56 bits per heavy atom. The summed E-state index contributed by atoms with van der Waals surface area (Å²) in [6.45, 7) is 13.1. The van der Waals surface area contributed by atoms with Crippen LogP contribution < -0.4 is 10.6 Å². The van der Waals surface area contributed by atoms with Gasteiger partial charge in [-0.1, -0.05) is 45.0 Å². The van der Waals surface area contributed by atoms with Gasteiger partial charge in [-0.05, 0) is 66.7 Å². The summed E-state index contributed by atoms with van der Waals surface area (Å²) in [6, 6.07) is 9.37. The second-order valence-corrected chi connectivity index (χ2v) is 13.3. The van der Waals surface area contributed by atoms with Gasteiger partial charge in [-0.2, -0.15) is 0 Å². The average Bonchev–Trinajstić information content (AvgIpc) is 3.35. The van der Waals surface area contributed by atoms with Crippen LogP contribution in [0.1, 0.15) is 68.6 Å². The van der Waals surface area contributed by atoms with E-state index in [2.05, 4.69) is 57.3 Å². The molecule has 8 nitrogen and oxygen atoms in total. The first-order valence-corrected chi connectivity index (χ1v) is 14.2. The summed E-state index contributed by atoms with van der Waals surface area (Å²) in [4.78, 5) is 49.2. The first-order chi connectivity index (χ1) is 18.1. The standard InChI is InChI=1S/C29H35BrN4O4S/c1-17(27(37)38-29(5,6)7)33-25(35)21(34-26(36)22-12-13-23(39-22)28(2,3)4)14-18-8-10-19(11-9-18)24-31-15-20(30)16-32-24/h8-13,15-17,21H,14H2,1-7H3,(H,33,35)(H,34,36)/t17-,21+/m1/s1. The molecule has 2 amide bonds. The summed E-state index contributed by atoms with van der Waals surface area (Å²) in [5.74, 6) is -0.797. The first-order valence-electron chi connectivity index (χ1n) is 12.6. The highest BCUT2D eigenvalue weighted by molar-refractivity contribution is 9.10. The summed E-state index contributed by atoms with van der Waals surface area (Å²) in [7, 11) is 0. The molecule has 2 aromatic heterocycles. The van der Waals surface area contributed by atoms with Gasteiger partial charge >= 0.3 is 5.97 Å². The van der Waals surface area contributed by atoms with Crippen molar-refractivity contribution < 1.29 is 19.1 Å². The summed E-state index contributed by atoms with van der Waals surface area (Å²) < 4.78 is 6.18. The first kappa shape index (κ1) is 30.4. The van der Waals surface area contributed by atoms with Gasteiger partial charge in [0.15, 0.2) is 5.82 Å². The van der Waals surface area contributed by atoms with E-state index in [0.717, 1.165) is 20.5 Å². The lowest BCUT2D eigenvalue weighted by Crippen LogP contribution is -2.52. The molecule has 0 fully saturated rings. The molecule has 3 rings (SSSR count). The number of nitrogens with one attached hydrogen (secondary N) is 2. The third-order valence-corrected chi connectivity index (χ3v) is 7.50. The molecule has 3 aromatic rings. The molecule has 2 atom stereocenters. The number of rotatable bonds is 8. The smallest absolute Gasteiger partial charge is 0.328 e. The number of hydrogen-bond acceptors (Lipinski definition) is 7. The molecule has 0 aliphatic carbocycles. The molecule has 2 N–H and O–H groups in total. The minimum Gasteiger partial charge on any atom is -0.458 e. The lowest BCUT2D eigenvalue weighted by atomic mass is 9.95. The van der Waals surface area contributed by atoms with E-state index in [1.165, 1.54) is 11.3 Å². The van der Waals surface area contributed by atoms with Crippen LogP contribution in [-0.4, -0.2) is 45.4 Å². The Morgan fingerprint density at radius 1 is 0.949 bits per heavy atom. The van der Waals surface area contributed by atoms with Gasteiger partial charge in [0.2, 0.25) is 5.91 Å². The number of ether oxygens (including phenoxy) is 1. The van der Waals surface area contributed by atoms with Crippen LogP contribution in [0.3, 0.4) is 0 Å². The Morgan fingerprint density at radius 3 is 2.10 bits per heavy atom. The molecule has 0 aliphatic rings. The Bertz CT molecular complexity index is 1310. The van der Waals surface area contributed by atoms with Gasteiger partial charge in [0.25, 0.3) is 5.91 Å². The van der Waals surface area contributed by atoms with E-state index in [1.54, 1.807) is 46.2 Å². The molecule has 0 saturated carbocycles. The molecule has 0 unspecified atom stereocenters. The zero-order valence-electron chi connectivity index (χ0n) is 23.3. The van der Waals surface area contributed by atoms with Gasteiger partial charge in [0.05, 0.1) is 9.35 Å². The number of nitrogens with zero attached hydrogens (tertiary/aromatic N) is 2. The number of carbonyl (C=O) groups excluding carboxylic acids is 3. The normalized spacial score (nSPS) is 13.3. The monoisotopic (exact) mass is 614 g/mol. The van der Waals surface area contributed by atoms with E-state index in [1.807, 2.05) is 30.3 Å². The highest BCUT2D eigenvalue weighted by Crippen LogP contribution is 2.29. The van der Waals surface area contributed by atoms with Crippen LogP contribution in [0.15, 0.2) is 53.3 Å². The van der Waals surface area contributed by atoms with Gasteiger partial charge < -0.3 is 15.4 Å². The molecular formula is C29H35BrN4O4S. The summed E-state index contributed by atoms with van der Waals surface area (Å²) in [5, 5.41) is 5.57. The minimum atomic E-state index is -0.919. The van der Waals surface area contributed by atoms with Crippen molar-refractivity contribution in [2.45, 2.75) is 78.0 Å². The van der Waals surface area contributed by atoms with Gasteiger partial charge in [-0.3, -0.25) is 9.59 Å². The van der Waals surface area contributed by atoms with E-state index >= 15 is 0 Å². The van der Waals surface area contributed by atoms with E-state index in [9.17, 15) is 14.4 Å². The third-order valence-electron chi connectivity index (χ3n) is 5.58. The molecule has 0 bridgehead atoms. The lowest BCUT2D eigenvalue weighted by molar-refractivity contribution is -0.158. The van der Waals surface area contributed by atoms with Gasteiger partial charge in [-0.25, -0.2) is 14.8 Å². The van der Waals surface area contributed by atoms with Gasteiger partial charge in [0, 0.05) is 29.3 Å². The van der Waals surface area contributed by atoms with Crippen molar-refractivity contribution >= 4 is 45.1 Å². The number of aromatic nitrogens is 2. The average molecular weight is 616 g/mol.